The Hall–Kier alpha value is -3.22. The molecule has 1 saturated carbocycles. The number of methoxy groups -OCH3 is 1. The number of nitrogens with one attached hydrogen (secondary N) is 1. The Labute approximate surface area is 193 Å². The monoisotopic (exact) mass is 449 g/mol. The van der Waals surface area contributed by atoms with Crippen LogP contribution in [-0.4, -0.2) is 40.0 Å². The van der Waals surface area contributed by atoms with Crippen LogP contribution >= 0.6 is 0 Å². The summed E-state index contributed by atoms with van der Waals surface area (Å²) in [4.78, 5) is 29.3. The maximum atomic E-state index is 13.8. The van der Waals surface area contributed by atoms with E-state index in [4.69, 9.17) is 9.15 Å². The highest BCUT2D eigenvalue weighted by molar-refractivity contribution is 6.03. The van der Waals surface area contributed by atoms with Gasteiger partial charge in [0.05, 0.1) is 32.0 Å². The molecule has 0 bridgehead atoms. The zero-order valence-electron chi connectivity index (χ0n) is 19.3. The van der Waals surface area contributed by atoms with E-state index >= 15 is 0 Å². The number of fused-ring (bicyclic) bond motifs is 3. The molecule has 5 rings (SSSR count). The van der Waals surface area contributed by atoms with Gasteiger partial charge in [-0.1, -0.05) is 25.7 Å². The zero-order valence-corrected chi connectivity index (χ0v) is 19.3. The van der Waals surface area contributed by atoms with E-state index in [9.17, 15) is 9.59 Å². The first-order valence-corrected chi connectivity index (χ1v) is 11.8. The van der Waals surface area contributed by atoms with Gasteiger partial charge < -0.3 is 23.9 Å². The lowest BCUT2D eigenvalue weighted by Crippen LogP contribution is -2.64. The highest BCUT2D eigenvalue weighted by Gasteiger charge is 2.48. The fourth-order valence-electron chi connectivity index (χ4n) is 5.23. The lowest BCUT2D eigenvalue weighted by molar-refractivity contribution is -0.134. The van der Waals surface area contributed by atoms with E-state index in [1.165, 1.54) is 12.8 Å². The Kier molecular flexibility index (Phi) is 5.64. The Balaban J connectivity index is 1.54. The van der Waals surface area contributed by atoms with Gasteiger partial charge in [-0.3, -0.25) is 9.59 Å². The smallest absolute Gasteiger partial charge is 0.271 e. The topological polar surface area (TPSA) is 76.7 Å². The standard InChI is InChI=1S/C26H31N3O4/c1-26(25(31)27-19-8-5-3-4-6-9-19)17-28-22-15-20(32-2)12-11-18(22)14-23(28)24(30)29(26)16-21-10-7-13-33-21/h7,10-15,19H,3-6,8-9,16-17H2,1-2H3,(H,27,31)/t26-/m1/s1. The number of carbonyl (C=O) groups excluding carboxylic acids is 2. The normalized spacial score (nSPS) is 21.6. The van der Waals surface area contributed by atoms with E-state index in [1.807, 2.05) is 41.8 Å². The molecule has 1 N–H and O–H groups in total. The molecule has 1 aliphatic heterocycles. The number of hydrogen-bond donors (Lipinski definition) is 1. The van der Waals surface area contributed by atoms with Crippen LogP contribution in [0.3, 0.4) is 0 Å². The molecule has 0 radical (unpaired) electrons. The van der Waals surface area contributed by atoms with E-state index < -0.39 is 5.54 Å². The average molecular weight is 450 g/mol. The van der Waals surface area contributed by atoms with Crippen LogP contribution in [0.4, 0.5) is 0 Å². The van der Waals surface area contributed by atoms with Gasteiger partial charge in [-0.15, -0.1) is 0 Å². The molecule has 7 heteroatoms. The largest absolute Gasteiger partial charge is 0.497 e. The van der Waals surface area contributed by atoms with Gasteiger partial charge >= 0.3 is 0 Å². The van der Waals surface area contributed by atoms with Crippen molar-refractivity contribution in [3.05, 3.63) is 54.1 Å². The quantitative estimate of drug-likeness (QED) is 0.582. The van der Waals surface area contributed by atoms with E-state index in [1.54, 1.807) is 24.3 Å². The van der Waals surface area contributed by atoms with Crippen molar-refractivity contribution in [3.63, 3.8) is 0 Å². The van der Waals surface area contributed by atoms with Crippen LogP contribution in [0.1, 0.15) is 61.7 Å². The summed E-state index contributed by atoms with van der Waals surface area (Å²) < 4.78 is 12.9. The fraction of sp³-hybridized carbons (Fsp3) is 0.462. The summed E-state index contributed by atoms with van der Waals surface area (Å²) in [6.07, 6.45) is 8.26. The van der Waals surface area contributed by atoms with E-state index in [0.29, 0.717) is 18.0 Å². The molecule has 7 nitrogen and oxygen atoms in total. The number of rotatable bonds is 5. The van der Waals surface area contributed by atoms with E-state index in [-0.39, 0.29) is 24.4 Å². The van der Waals surface area contributed by atoms with Crippen LogP contribution in [-0.2, 0) is 17.9 Å². The molecule has 0 saturated heterocycles. The number of ether oxygens (including phenoxy) is 1. The molecule has 1 aliphatic carbocycles. The third kappa shape index (κ3) is 3.90. The molecule has 1 aromatic carbocycles. The molecule has 2 amide bonds. The van der Waals surface area contributed by atoms with Gasteiger partial charge in [-0.25, -0.2) is 0 Å². The number of furan rings is 1. The summed E-state index contributed by atoms with van der Waals surface area (Å²) in [5, 5.41) is 4.24. The molecule has 2 aliphatic rings. The molecular weight excluding hydrogens is 418 g/mol. The fourth-order valence-corrected chi connectivity index (χ4v) is 5.23. The molecule has 1 fully saturated rings. The minimum atomic E-state index is -1.06. The molecule has 2 aromatic heterocycles. The van der Waals surface area contributed by atoms with Crippen molar-refractivity contribution in [2.24, 2.45) is 0 Å². The summed E-state index contributed by atoms with van der Waals surface area (Å²) >= 11 is 0. The first-order valence-electron chi connectivity index (χ1n) is 11.8. The second-order valence-electron chi connectivity index (χ2n) is 9.45. The third-order valence-electron chi connectivity index (χ3n) is 7.21. The van der Waals surface area contributed by atoms with E-state index in [2.05, 4.69) is 5.32 Å². The van der Waals surface area contributed by atoms with Gasteiger partial charge in [-0.2, -0.15) is 0 Å². The SMILES string of the molecule is COc1ccc2cc3n(c2c1)C[C@](C)(C(=O)NC1CCCCCC1)N(Cc1ccco1)C3=O. The predicted octanol–water partition coefficient (Wildman–Crippen LogP) is 4.50. The number of carbonyl (C=O) groups is 2. The molecule has 3 heterocycles. The van der Waals surface area contributed by atoms with Crippen LogP contribution in [0.2, 0.25) is 0 Å². The highest BCUT2D eigenvalue weighted by atomic mass is 16.5. The molecule has 33 heavy (non-hydrogen) atoms. The minimum absolute atomic E-state index is 0.107. The second kappa shape index (κ2) is 8.61. The second-order valence-corrected chi connectivity index (χ2v) is 9.45. The number of aromatic nitrogens is 1. The first kappa shape index (κ1) is 21.6. The molecule has 0 unspecified atom stereocenters. The summed E-state index contributed by atoms with van der Waals surface area (Å²) in [5.41, 5.74) is 0.409. The minimum Gasteiger partial charge on any atom is -0.497 e. The van der Waals surface area contributed by atoms with Crippen molar-refractivity contribution in [1.29, 1.82) is 0 Å². The summed E-state index contributed by atoms with van der Waals surface area (Å²) in [5.74, 6) is 1.09. The van der Waals surface area contributed by atoms with Gasteiger partial charge in [0.1, 0.15) is 22.7 Å². The van der Waals surface area contributed by atoms with Crippen molar-refractivity contribution >= 4 is 22.7 Å². The number of benzene rings is 1. The van der Waals surface area contributed by atoms with Crippen molar-refractivity contribution in [1.82, 2.24) is 14.8 Å². The van der Waals surface area contributed by atoms with Crippen LogP contribution in [0.5, 0.6) is 5.75 Å². The van der Waals surface area contributed by atoms with Gasteiger partial charge in [0.25, 0.3) is 5.91 Å². The van der Waals surface area contributed by atoms with E-state index in [0.717, 1.165) is 42.3 Å². The Morgan fingerprint density at radius 2 is 1.97 bits per heavy atom. The van der Waals surface area contributed by atoms with Crippen LogP contribution < -0.4 is 10.1 Å². The van der Waals surface area contributed by atoms with Crippen molar-refractivity contribution < 1.29 is 18.7 Å². The Bertz CT molecular complexity index is 1160. The molecule has 1 atom stereocenters. The number of amides is 2. The highest BCUT2D eigenvalue weighted by Crippen LogP contribution is 2.35. The summed E-state index contributed by atoms with van der Waals surface area (Å²) in [6.45, 7) is 2.48. The maximum Gasteiger partial charge on any atom is 0.271 e. The molecule has 0 spiro atoms. The van der Waals surface area contributed by atoms with Crippen LogP contribution in [0, 0.1) is 0 Å². The number of hydrogen-bond acceptors (Lipinski definition) is 4. The molecule has 174 valence electrons. The zero-order chi connectivity index (χ0) is 23.0. The van der Waals surface area contributed by atoms with Crippen LogP contribution in [0.15, 0.2) is 47.1 Å². The average Bonchev–Trinajstić information content (AvgIpc) is 3.38. The first-order chi connectivity index (χ1) is 16.0. The van der Waals surface area contributed by atoms with Crippen molar-refractivity contribution in [2.75, 3.05) is 7.11 Å². The van der Waals surface area contributed by atoms with Gasteiger partial charge in [0, 0.05) is 17.5 Å². The molecule has 3 aromatic rings. The van der Waals surface area contributed by atoms with Gasteiger partial charge in [0.2, 0.25) is 5.91 Å². The summed E-state index contributed by atoms with van der Waals surface area (Å²) in [7, 11) is 1.63. The molecular formula is C26H31N3O4. The van der Waals surface area contributed by atoms with Crippen molar-refractivity contribution in [3.8, 4) is 5.75 Å². The predicted molar refractivity (Wildman–Crippen MR) is 125 cm³/mol. The summed E-state index contributed by atoms with van der Waals surface area (Å²) in [6, 6.07) is 11.5. The van der Waals surface area contributed by atoms with Gasteiger partial charge in [-0.05, 0) is 50.1 Å². The lowest BCUT2D eigenvalue weighted by Gasteiger charge is -2.44. The third-order valence-corrected chi connectivity index (χ3v) is 7.21. The van der Waals surface area contributed by atoms with Crippen LogP contribution in [0.25, 0.3) is 10.9 Å². The maximum absolute atomic E-state index is 13.8. The van der Waals surface area contributed by atoms with Crippen molar-refractivity contribution in [2.45, 2.75) is 70.1 Å². The Morgan fingerprint density at radius 1 is 1.18 bits per heavy atom. The van der Waals surface area contributed by atoms with Gasteiger partial charge in [0.15, 0.2) is 0 Å². The Morgan fingerprint density at radius 3 is 2.67 bits per heavy atom. The lowest BCUT2D eigenvalue weighted by atomic mass is 9.93. The number of nitrogens with zero attached hydrogens (tertiary/aromatic N) is 2.